The maximum Gasteiger partial charge on any atom is 0.154 e. The summed E-state index contributed by atoms with van der Waals surface area (Å²) in [6.45, 7) is 7.17. The molecule has 0 radical (unpaired) electrons. The summed E-state index contributed by atoms with van der Waals surface area (Å²) in [5, 5.41) is -0.601. The van der Waals surface area contributed by atoms with Crippen LogP contribution in [-0.2, 0) is 9.84 Å². The summed E-state index contributed by atoms with van der Waals surface area (Å²) in [6, 6.07) is 7.23. The number of ether oxygens (including phenoxy) is 1. The van der Waals surface area contributed by atoms with Crippen molar-refractivity contribution in [2.45, 2.75) is 43.9 Å². The van der Waals surface area contributed by atoms with Crippen LogP contribution >= 0.6 is 11.6 Å². The molecule has 0 aliphatic heterocycles. The van der Waals surface area contributed by atoms with Crippen LogP contribution in [0.25, 0.3) is 0 Å². The molecule has 1 rings (SSSR count). The Balaban J connectivity index is 2.99. The van der Waals surface area contributed by atoms with Crippen molar-refractivity contribution in [1.29, 1.82) is 0 Å². The van der Waals surface area contributed by atoms with Crippen molar-refractivity contribution in [2.24, 2.45) is 0 Å². The third kappa shape index (κ3) is 3.86. The first-order valence-electron chi connectivity index (χ1n) is 6.16. The SMILES string of the molecule is CC(C)Oc1ccc(C(Cl)C(C)(C)S(C)(=O)=O)cc1. The second-order valence-corrected chi connectivity index (χ2v) is 8.51. The van der Waals surface area contributed by atoms with E-state index in [9.17, 15) is 8.42 Å². The monoisotopic (exact) mass is 304 g/mol. The second kappa shape index (κ2) is 5.71. The van der Waals surface area contributed by atoms with Crippen LogP contribution in [0.1, 0.15) is 38.6 Å². The van der Waals surface area contributed by atoms with Gasteiger partial charge in [-0.15, -0.1) is 11.6 Å². The lowest BCUT2D eigenvalue weighted by molar-refractivity contribution is 0.242. The molecule has 108 valence electrons. The minimum atomic E-state index is -3.24. The minimum absolute atomic E-state index is 0.102. The lowest BCUT2D eigenvalue weighted by Crippen LogP contribution is -2.35. The first kappa shape index (κ1) is 16.3. The molecular weight excluding hydrogens is 284 g/mol. The average molecular weight is 305 g/mol. The van der Waals surface area contributed by atoms with Gasteiger partial charge in [0.2, 0.25) is 0 Å². The van der Waals surface area contributed by atoms with Gasteiger partial charge < -0.3 is 4.74 Å². The highest BCUT2D eigenvalue weighted by Gasteiger charge is 2.38. The third-order valence-electron chi connectivity index (χ3n) is 3.11. The number of rotatable bonds is 5. The Morgan fingerprint density at radius 1 is 1.16 bits per heavy atom. The van der Waals surface area contributed by atoms with Crippen LogP contribution in [-0.4, -0.2) is 25.5 Å². The van der Waals surface area contributed by atoms with E-state index in [0.717, 1.165) is 11.3 Å². The zero-order valence-electron chi connectivity index (χ0n) is 12.0. The van der Waals surface area contributed by atoms with Crippen molar-refractivity contribution < 1.29 is 13.2 Å². The summed E-state index contributed by atoms with van der Waals surface area (Å²) < 4.78 is 28.1. The lowest BCUT2D eigenvalue weighted by Gasteiger charge is -2.28. The van der Waals surface area contributed by atoms with Gasteiger partial charge in [-0.1, -0.05) is 12.1 Å². The number of halogens is 1. The third-order valence-corrected chi connectivity index (χ3v) is 6.18. The van der Waals surface area contributed by atoms with Gasteiger partial charge in [0.1, 0.15) is 5.75 Å². The molecule has 0 spiro atoms. The summed E-state index contributed by atoms with van der Waals surface area (Å²) in [6.07, 6.45) is 1.31. The van der Waals surface area contributed by atoms with Gasteiger partial charge in [-0.3, -0.25) is 0 Å². The normalized spacial score (nSPS) is 14.5. The molecule has 0 saturated carbocycles. The number of sulfone groups is 1. The zero-order chi connectivity index (χ0) is 14.8. The Hall–Kier alpha value is -0.740. The van der Waals surface area contributed by atoms with Crippen LogP contribution in [0.4, 0.5) is 0 Å². The number of hydrogen-bond donors (Lipinski definition) is 0. The molecule has 0 heterocycles. The largest absolute Gasteiger partial charge is 0.491 e. The summed E-state index contributed by atoms with van der Waals surface area (Å²) in [4.78, 5) is 0. The van der Waals surface area contributed by atoms with Gasteiger partial charge in [-0.2, -0.15) is 0 Å². The molecule has 19 heavy (non-hydrogen) atoms. The van der Waals surface area contributed by atoms with Crippen molar-refractivity contribution in [3.8, 4) is 5.75 Å². The predicted octanol–water partition coefficient (Wildman–Crippen LogP) is 3.58. The van der Waals surface area contributed by atoms with E-state index >= 15 is 0 Å². The van der Waals surface area contributed by atoms with Crippen LogP contribution in [0.2, 0.25) is 0 Å². The topological polar surface area (TPSA) is 43.4 Å². The number of benzene rings is 1. The van der Waals surface area contributed by atoms with Crippen molar-refractivity contribution in [1.82, 2.24) is 0 Å². The molecule has 5 heteroatoms. The van der Waals surface area contributed by atoms with Crippen molar-refractivity contribution in [3.63, 3.8) is 0 Å². The summed E-state index contributed by atoms with van der Waals surface area (Å²) in [5.74, 6) is 0.750. The Labute approximate surface area is 120 Å². The smallest absolute Gasteiger partial charge is 0.154 e. The fraction of sp³-hybridized carbons (Fsp3) is 0.571. The molecule has 1 aromatic rings. The summed E-state index contributed by atoms with van der Waals surface area (Å²) in [7, 11) is -3.24. The molecule has 0 N–H and O–H groups in total. The maximum absolute atomic E-state index is 11.8. The van der Waals surface area contributed by atoms with Gasteiger partial charge in [0, 0.05) is 6.26 Å². The molecule has 0 fully saturated rings. The van der Waals surface area contributed by atoms with Gasteiger partial charge in [0.05, 0.1) is 16.2 Å². The van der Waals surface area contributed by atoms with Gasteiger partial charge in [-0.05, 0) is 45.4 Å². The summed E-state index contributed by atoms with van der Waals surface area (Å²) >= 11 is 6.32. The molecule has 0 aromatic heterocycles. The Kier molecular flexibility index (Phi) is 4.91. The average Bonchev–Trinajstić information content (AvgIpc) is 2.26. The molecule has 3 nitrogen and oxygen atoms in total. The fourth-order valence-corrected chi connectivity index (χ4v) is 2.72. The van der Waals surface area contributed by atoms with E-state index in [1.54, 1.807) is 13.8 Å². The quantitative estimate of drug-likeness (QED) is 0.781. The van der Waals surface area contributed by atoms with Crippen molar-refractivity contribution in [3.05, 3.63) is 29.8 Å². The first-order chi connectivity index (χ1) is 8.55. The van der Waals surface area contributed by atoms with E-state index in [4.69, 9.17) is 16.3 Å². The van der Waals surface area contributed by atoms with Gasteiger partial charge in [0.15, 0.2) is 9.84 Å². The molecule has 1 aromatic carbocycles. The molecular formula is C14H21ClO3S. The number of hydrogen-bond acceptors (Lipinski definition) is 3. The number of alkyl halides is 1. The van der Waals surface area contributed by atoms with Gasteiger partial charge >= 0.3 is 0 Å². The van der Waals surface area contributed by atoms with Crippen LogP contribution in [0.15, 0.2) is 24.3 Å². The zero-order valence-corrected chi connectivity index (χ0v) is 13.5. The molecule has 0 bridgehead atoms. The summed E-state index contributed by atoms with van der Waals surface area (Å²) in [5.41, 5.74) is 0.771. The van der Waals surface area contributed by atoms with Gasteiger partial charge in [-0.25, -0.2) is 8.42 Å². The van der Waals surface area contributed by atoms with E-state index in [1.807, 2.05) is 38.1 Å². The minimum Gasteiger partial charge on any atom is -0.491 e. The second-order valence-electron chi connectivity index (χ2n) is 5.47. The lowest BCUT2D eigenvalue weighted by atomic mass is 10.0. The van der Waals surface area contributed by atoms with E-state index in [2.05, 4.69) is 0 Å². The van der Waals surface area contributed by atoms with Crippen molar-refractivity contribution >= 4 is 21.4 Å². The van der Waals surface area contributed by atoms with E-state index < -0.39 is 20.0 Å². The first-order valence-corrected chi connectivity index (χ1v) is 8.49. The molecule has 0 saturated heterocycles. The molecule has 1 atom stereocenters. The maximum atomic E-state index is 11.8. The van der Waals surface area contributed by atoms with Crippen LogP contribution in [0.5, 0.6) is 5.75 Å². The standard InChI is InChI=1S/C14H21ClO3S/c1-10(2)18-12-8-6-11(7-9-12)13(15)14(3,4)19(5,16)17/h6-10,13H,1-5H3. The van der Waals surface area contributed by atoms with E-state index in [1.165, 1.54) is 6.26 Å². The highest BCUT2D eigenvalue weighted by atomic mass is 35.5. The van der Waals surface area contributed by atoms with Gasteiger partial charge in [0.25, 0.3) is 0 Å². The fourth-order valence-electron chi connectivity index (χ4n) is 1.58. The van der Waals surface area contributed by atoms with E-state index in [-0.39, 0.29) is 6.10 Å². The molecule has 0 aliphatic rings. The molecule has 0 amide bonds. The van der Waals surface area contributed by atoms with Crippen molar-refractivity contribution in [2.75, 3.05) is 6.26 Å². The Morgan fingerprint density at radius 2 is 1.63 bits per heavy atom. The Bertz CT molecular complexity index is 518. The Morgan fingerprint density at radius 3 is 2.00 bits per heavy atom. The highest BCUT2D eigenvalue weighted by Crippen LogP contribution is 2.38. The van der Waals surface area contributed by atoms with Crippen LogP contribution < -0.4 is 4.74 Å². The van der Waals surface area contributed by atoms with Crippen LogP contribution in [0, 0.1) is 0 Å². The highest BCUT2D eigenvalue weighted by molar-refractivity contribution is 7.92. The van der Waals surface area contributed by atoms with E-state index in [0.29, 0.717) is 0 Å². The molecule has 1 unspecified atom stereocenters. The predicted molar refractivity (Wildman–Crippen MR) is 79.7 cm³/mol. The molecule has 0 aliphatic carbocycles. The van der Waals surface area contributed by atoms with Crippen LogP contribution in [0.3, 0.4) is 0 Å².